The predicted octanol–water partition coefficient (Wildman–Crippen LogP) is 8.55. The van der Waals surface area contributed by atoms with E-state index < -0.39 is 0 Å². The lowest BCUT2D eigenvalue weighted by Crippen LogP contribution is -2.01. The van der Waals surface area contributed by atoms with Crippen LogP contribution in [-0.2, 0) is 16.0 Å². The summed E-state index contributed by atoms with van der Waals surface area (Å²) in [6.07, 6.45) is 14.2. The Morgan fingerprint density at radius 2 is 1.52 bits per heavy atom. The zero-order valence-electron chi connectivity index (χ0n) is 19.5. The molecule has 2 rings (SSSR count). The second-order valence-corrected chi connectivity index (χ2v) is 9.63. The van der Waals surface area contributed by atoms with Gasteiger partial charge in [0.05, 0.1) is 7.11 Å². The third-order valence-corrected chi connectivity index (χ3v) is 7.10. The van der Waals surface area contributed by atoms with Gasteiger partial charge in [-0.25, -0.2) is 0 Å². The largest absolute Gasteiger partial charge is 0.469 e. The third-order valence-electron chi connectivity index (χ3n) is 5.77. The maximum atomic E-state index is 11.4. The number of methoxy groups -OCH3 is 1. The molecule has 0 aliphatic carbocycles. The average Bonchev–Trinajstić information content (AvgIpc) is 2.81. The van der Waals surface area contributed by atoms with Crippen molar-refractivity contribution in [1.29, 1.82) is 0 Å². The molecule has 0 aliphatic heterocycles. The van der Waals surface area contributed by atoms with E-state index in [1.165, 1.54) is 74.5 Å². The highest BCUT2D eigenvalue weighted by molar-refractivity contribution is 7.99. The maximum absolute atomic E-state index is 11.4. The van der Waals surface area contributed by atoms with Gasteiger partial charge in [0.25, 0.3) is 0 Å². The van der Waals surface area contributed by atoms with Crippen molar-refractivity contribution in [3.05, 3.63) is 65.7 Å². The van der Waals surface area contributed by atoms with Gasteiger partial charge in [-0.1, -0.05) is 94.3 Å². The molecule has 0 saturated carbocycles. The molecule has 31 heavy (non-hydrogen) atoms. The molecule has 0 radical (unpaired) electrons. The van der Waals surface area contributed by atoms with Crippen molar-refractivity contribution in [1.82, 2.24) is 0 Å². The first-order valence-electron chi connectivity index (χ1n) is 12.1. The van der Waals surface area contributed by atoms with Crippen molar-refractivity contribution in [2.24, 2.45) is 0 Å². The molecule has 0 heterocycles. The predicted molar refractivity (Wildman–Crippen MR) is 134 cm³/mol. The van der Waals surface area contributed by atoms with Crippen LogP contribution in [0.3, 0.4) is 0 Å². The Bertz CT molecular complexity index is 712. The van der Waals surface area contributed by atoms with Crippen LogP contribution in [-0.4, -0.2) is 13.1 Å². The summed E-state index contributed by atoms with van der Waals surface area (Å²) in [4.78, 5) is 12.7. The number of thioether (sulfide) groups is 1. The van der Waals surface area contributed by atoms with Crippen molar-refractivity contribution >= 4 is 17.7 Å². The Hall–Kier alpha value is -1.74. The summed E-state index contributed by atoms with van der Waals surface area (Å²) in [5.41, 5.74) is 2.83. The minimum Gasteiger partial charge on any atom is -0.469 e. The molecule has 2 aromatic carbocycles. The summed E-state index contributed by atoms with van der Waals surface area (Å²) in [7, 11) is 1.46. The highest BCUT2D eigenvalue weighted by Gasteiger charge is 2.14. The second kappa shape index (κ2) is 16.0. The fourth-order valence-electron chi connectivity index (χ4n) is 3.84. The Morgan fingerprint density at radius 1 is 0.839 bits per heavy atom. The highest BCUT2D eigenvalue weighted by atomic mass is 32.2. The molecule has 170 valence electrons. The molecule has 0 amide bonds. The minimum absolute atomic E-state index is 0.109. The maximum Gasteiger partial charge on any atom is 0.305 e. The normalized spacial score (nSPS) is 11.9. The van der Waals surface area contributed by atoms with Crippen LogP contribution in [0.2, 0.25) is 0 Å². The quantitative estimate of drug-likeness (QED) is 0.149. The Kier molecular flexibility index (Phi) is 13.1. The number of carbonyl (C=O) groups is 1. The van der Waals surface area contributed by atoms with Crippen molar-refractivity contribution in [2.45, 2.75) is 94.1 Å². The van der Waals surface area contributed by atoms with E-state index in [1.807, 2.05) is 11.8 Å². The molecule has 0 bridgehead atoms. The van der Waals surface area contributed by atoms with Crippen molar-refractivity contribution in [3.8, 4) is 0 Å². The fourth-order valence-corrected chi connectivity index (χ4v) is 5.06. The lowest BCUT2D eigenvalue weighted by molar-refractivity contribution is -0.140. The van der Waals surface area contributed by atoms with Gasteiger partial charge in [-0.05, 0) is 48.9 Å². The van der Waals surface area contributed by atoms with Gasteiger partial charge in [0.1, 0.15) is 0 Å². The van der Waals surface area contributed by atoms with E-state index in [-0.39, 0.29) is 5.97 Å². The average molecular weight is 441 g/mol. The minimum atomic E-state index is -0.109. The van der Waals surface area contributed by atoms with E-state index in [1.54, 1.807) is 0 Å². The lowest BCUT2D eigenvalue weighted by Gasteiger charge is -2.18. The van der Waals surface area contributed by atoms with Crippen LogP contribution in [0.4, 0.5) is 0 Å². The van der Waals surface area contributed by atoms with Crippen molar-refractivity contribution in [3.63, 3.8) is 0 Å². The molecule has 1 unspecified atom stereocenters. The molecule has 2 aromatic rings. The summed E-state index contributed by atoms with van der Waals surface area (Å²) in [6, 6.07) is 19.9. The Morgan fingerprint density at radius 3 is 2.19 bits per heavy atom. The summed E-state index contributed by atoms with van der Waals surface area (Å²) in [5, 5.41) is 0.410. The fraction of sp³-hybridized carbons (Fsp3) is 0.536. The van der Waals surface area contributed by atoms with E-state index in [0.29, 0.717) is 11.7 Å². The first-order chi connectivity index (χ1) is 15.2. The monoisotopic (exact) mass is 440 g/mol. The van der Waals surface area contributed by atoms with Gasteiger partial charge in [-0.15, -0.1) is 11.8 Å². The van der Waals surface area contributed by atoms with E-state index in [0.717, 1.165) is 19.3 Å². The molecule has 0 saturated heterocycles. The molecule has 0 aliphatic rings. The standard InChI is InChI=1S/C28H40O2S/c1-3-4-5-6-7-8-10-15-24-20-22-25(23-21-24)27(18-13-14-19-28(29)30-2)31-26-16-11-9-12-17-26/h9,11-12,16-17,20-23,27H,3-8,10,13-15,18-19H2,1-2H3. The first-order valence-corrected chi connectivity index (χ1v) is 13.0. The molecule has 0 aromatic heterocycles. The topological polar surface area (TPSA) is 26.3 Å². The first kappa shape index (κ1) is 25.5. The van der Waals surface area contributed by atoms with E-state index >= 15 is 0 Å². The van der Waals surface area contributed by atoms with Crippen LogP contribution in [0, 0.1) is 0 Å². The van der Waals surface area contributed by atoms with Crippen molar-refractivity contribution < 1.29 is 9.53 Å². The smallest absolute Gasteiger partial charge is 0.305 e. The van der Waals surface area contributed by atoms with E-state index in [9.17, 15) is 4.79 Å². The number of hydrogen-bond acceptors (Lipinski definition) is 3. The van der Waals surface area contributed by atoms with Gasteiger partial charge in [0.15, 0.2) is 0 Å². The molecule has 2 nitrogen and oxygen atoms in total. The second-order valence-electron chi connectivity index (χ2n) is 8.35. The third kappa shape index (κ3) is 10.9. The number of hydrogen-bond donors (Lipinski definition) is 0. The van der Waals surface area contributed by atoms with Gasteiger partial charge < -0.3 is 4.74 Å². The molecule has 0 spiro atoms. The van der Waals surface area contributed by atoms with Crippen LogP contribution < -0.4 is 0 Å². The lowest BCUT2D eigenvalue weighted by atomic mass is 10.0. The van der Waals surface area contributed by atoms with Crippen LogP contribution in [0.15, 0.2) is 59.5 Å². The van der Waals surface area contributed by atoms with Gasteiger partial charge in [0.2, 0.25) is 0 Å². The zero-order chi connectivity index (χ0) is 22.2. The van der Waals surface area contributed by atoms with E-state index in [2.05, 4.69) is 61.5 Å². The highest BCUT2D eigenvalue weighted by Crippen LogP contribution is 2.39. The van der Waals surface area contributed by atoms with Crippen LogP contribution in [0.1, 0.15) is 93.9 Å². The van der Waals surface area contributed by atoms with Crippen LogP contribution in [0.5, 0.6) is 0 Å². The number of rotatable bonds is 16. The summed E-state index contributed by atoms with van der Waals surface area (Å²) in [6.45, 7) is 2.27. The van der Waals surface area contributed by atoms with Gasteiger partial charge >= 0.3 is 5.97 Å². The number of benzene rings is 2. The van der Waals surface area contributed by atoms with Crippen LogP contribution in [0.25, 0.3) is 0 Å². The number of unbranched alkanes of at least 4 members (excludes halogenated alkanes) is 7. The summed E-state index contributed by atoms with van der Waals surface area (Å²) in [5.74, 6) is -0.109. The van der Waals surface area contributed by atoms with Crippen molar-refractivity contribution in [2.75, 3.05) is 7.11 Å². The van der Waals surface area contributed by atoms with Gasteiger partial charge in [-0.2, -0.15) is 0 Å². The summed E-state index contributed by atoms with van der Waals surface area (Å²) < 4.78 is 4.77. The SMILES string of the molecule is CCCCCCCCCc1ccc(C(CCCCC(=O)OC)Sc2ccccc2)cc1. The molecule has 0 fully saturated rings. The van der Waals surface area contributed by atoms with Gasteiger partial charge in [-0.3, -0.25) is 4.79 Å². The summed E-state index contributed by atoms with van der Waals surface area (Å²) >= 11 is 1.93. The Balaban J connectivity index is 1.85. The molecule has 0 N–H and O–H groups in total. The number of ether oxygens (including phenoxy) is 1. The number of aryl methyl sites for hydroxylation is 1. The molecule has 1 atom stereocenters. The Labute approximate surface area is 194 Å². The molecule has 3 heteroatoms. The van der Waals surface area contributed by atoms with E-state index in [4.69, 9.17) is 4.74 Å². The number of esters is 1. The number of carbonyl (C=O) groups excluding carboxylic acids is 1. The van der Waals surface area contributed by atoms with Gasteiger partial charge in [0, 0.05) is 16.6 Å². The molecular weight excluding hydrogens is 400 g/mol. The zero-order valence-corrected chi connectivity index (χ0v) is 20.3. The molecular formula is C28H40O2S. The van der Waals surface area contributed by atoms with Crippen LogP contribution >= 0.6 is 11.8 Å².